The first kappa shape index (κ1) is 23.6. The van der Waals surface area contributed by atoms with Gasteiger partial charge in [-0.25, -0.2) is 4.99 Å². The first-order valence-corrected chi connectivity index (χ1v) is 14.6. The van der Waals surface area contributed by atoms with E-state index in [1.54, 1.807) is 0 Å². The van der Waals surface area contributed by atoms with E-state index < -0.39 is 0 Å². The maximum atomic E-state index is 14.3. The van der Waals surface area contributed by atoms with Crippen molar-refractivity contribution >= 4 is 56.3 Å². The molecule has 0 bridgehead atoms. The van der Waals surface area contributed by atoms with Gasteiger partial charge in [-0.1, -0.05) is 108 Å². The van der Waals surface area contributed by atoms with Crippen molar-refractivity contribution in [3.63, 3.8) is 0 Å². The molecule has 0 N–H and O–H groups in total. The molecular formula is C35H23ClN2OS. The molecule has 3 nitrogen and oxygen atoms in total. The highest BCUT2D eigenvalue weighted by atomic mass is 35.5. The fourth-order valence-electron chi connectivity index (χ4n) is 6.30. The molecule has 1 atom stereocenters. The van der Waals surface area contributed by atoms with E-state index in [-0.39, 0.29) is 11.6 Å². The topological polar surface area (TPSA) is 34.4 Å². The van der Waals surface area contributed by atoms with E-state index in [1.165, 1.54) is 28.0 Å². The van der Waals surface area contributed by atoms with Crippen LogP contribution in [0.5, 0.6) is 0 Å². The minimum atomic E-state index is -0.219. The summed E-state index contributed by atoms with van der Waals surface area (Å²) in [5.74, 6) is 0. The summed E-state index contributed by atoms with van der Waals surface area (Å²) in [5, 5.41) is 5.27. The van der Waals surface area contributed by atoms with Gasteiger partial charge in [-0.15, -0.1) is 0 Å². The van der Waals surface area contributed by atoms with Crippen LogP contribution in [0, 0.1) is 0 Å². The minimum absolute atomic E-state index is 0.00822. The number of benzene rings is 5. The van der Waals surface area contributed by atoms with Crippen molar-refractivity contribution in [1.29, 1.82) is 0 Å². The Bertz CT molecular complexity index is 2150. The molecular weight excluding hydrogens is 532 g/mol. The average molecular weight is 555 g/mol. The first-order valence-electron chi connectivity index (χ1n) is 13.4. The summed E-state index contributed by atoms with van der Waals surface area (Å²) in [6, 6.07) is 35.2. The van der Waals surface area contributed by atoms with Crippen molar-refractivity contribution in [2.45, 2.75) is 18.9 Å². The molecule has 1 aromatic heterocycles. The van der Waals surface area contributed by atoms with Crippen molar-refractivity contribution in [3.05, 3.63) is 156 Å². The van der Waals surface area contributed by atoms with Crippen LogP contribution < -0.4 is 14.9 Å². The molecule has 0 saturated heterocycles. The highest BCUT2D eigenvalue weighted by Crippen LogP contribution is 2.41. The Hall–Kier alpha value is -4.25. The lowest BCUT2D eigenvalue weighted by Gasteiger charge is -2.30. The summed E-state index contributed by atoms with van der Waals surface area (Å²) in [6.07, 6.45) is 3.87. The Morgan fingerprint density at radius 2 is 1.50 bits per heavy atom. The van der Waals surface area contributed by atoms with E-state index >= 15 is 0 Å². The molecule has 2 aliphatic rings. The van der Waals surface area contributed by atoms with Gasteiger partial charge in [-0.2, -0.15) is 0 Å². The highest BCUT2D eigenvalue weighted by molar-refractivity contribution is 7.07. The van der Waals surface area contributed by atoms with Crippen LogP contribution in [0.15, 0.2) is 118 Å². The van der Waals surface area contributed by atoms with E-state index in [4.69, 9.17) is 16.6 Å². The molecule has 1 aliphatic carbocycles. The van der Waals surface area contributed by atoms with E-state index in [0.717, 1.165) is 56.0 Å². The number of nitrogens with zero attached hydrogens (tertiary/aromatic N) is 2. The number of halogens is 1. The number of thiazole rings is 1. The van der Waals surface area contributed by atoms with Crippen LogP contribution in [0.4, 0.5) is 0 Å². The maximum absolute atomic E-state index is 14.3. The van der Waals surface area contributed by atoms with Gasteiger partial charge in [0, 0.05) is 10.6 Å². The molecule has 6 aromatic rings. The van der Waals surface area contributed by atoms with Crippen molar-refractivity contribution < 1.29 is 0 Å². The molecule has 0 fully saturated rings. The van der Waals surface area contributed by atoms with Crippen LogP contribution in [0.25, 0.3) is 33.3 Å². The minimum Gasteiger partial charge on any atom is -0.272 e. The lowest BCUT2D eigenvalue weighted by molar-refractivity contribution is 0.585. The standard InChI is InChI=1S/C35H23ClN2OS/c36-25-16-13-22(14-17-25)33-29-18-15-21-7-1-6-12-28(21)32(29)37-35-38(33)34(39)31(40-35)20-30-26-10-4-2-8-23(26)19-24-9-3-5-11-27(24)30/h1-14,16-17,19-20,33H,15,18H2/b31-20+/t33-/m0/s1. The number of aromatic nitrogens is 1. The Labute approximate surface area is 239 Å². The highest BCUT2D eigenvalue weighted by Gasteiger charge is 2.32. The molecule has 5 heteroatoms. The molecule has 2 heterocycles. The van der Waals surface area contributed by atoms with Crippen molar-refractivity contribution in [3.8, 4) is 0 Å². The normalized spacial score (nSPS) is 16.5. The van der Waals surface area contributed by atoms with Crippen LogP contribution in [0.2, 0.25) is 5.02 Å². The molecule has 0 saturated carbocycles. The third-order valence-corrected chi connectivity index (χ3v) is 9.38. The lowest BCUT2D eigenvalue weighted by atomic mass is 9.83. The van der Waals surface area contributed by atoms with Gasteiger partial charge in [0.1, 0.15) is 0 Å². The quantitative estimate of drug-likeness (QED) is 0.207. The van der Waals surface area contributed by atoms with E-state index in [0.29, 0.717) is 9.55 Å². The van der Waals surface area contributed by atoms with Crippen LogP contribution in [-0.2, 0) is 6.42 Å². The molecule has 8 rings (SSSR count). The Kier molecular flexibility index (Phi) is 5.41. The molecule has 1 aliphatic heterocycles. The number of rotatable bonds is 2. The number of hydrogen-bond donors (Lipinski definition) is 0. The van der Waals surface area contributed by atoms with Gasteiger partial charge in [0.05, 0.1) is 16.3 Å². The molecule has 0 unspecified atom stereocenters. The third kappa shape index (κ3) is 3.64. The number of aryl methyl sites for hydroxylation is 1. The number of hydrogen-bond acceptors (Lipinski definition) is 3. The number of allylic oxidation sites excluding steroid dienone is 1. The molecule has 0 spiro atoms. The second-order valence-electron chi connectivity index (χ2n) is 10.4. The van der Waals surface area contributed by atoms with Crippen LogP contribution in [0.1, 0.15) is 34.7 Å². The molecule has 5 aromatic carbocycles. The monoisotopic (exact) mass is 554 g/mol. The summed E-state index contributed by atoms with van der Waals surface area (Å²) in [4.78, 5) is 20.2. The predicted molar refractivity (Wildman–Crippen MR) is 166 cm³/mol. The summed E-state index contributed by atoms with van der Waals surface area (Å²) in [6.45, 7) is 0. The molecule has 40 heavy (non-hydrogen) atoms. The predicted octanol–water partition coefficient (Wildman–Crippen LogP) is 7.28. The van der Waals surface area contributed by atoms with Gasteiger partial charge in [-0.05, 0) is 80.9 Å². The average Bonchev–Trinajstić information content (AvgIpc) is 3.30. The largest absolute Gasteiger partial charge is 0.272 e. The Balaban J connectivity index is 1.43. The Morgan fingerprint density at radius 3 is 2.25 bits per heavy atom. The fraction of sp³-hybridized carbons (Fsp3) is 0.0857. The van der Waals surface area contributed by atoms with E-state index in [1.807, 2.05) is 28.8 Å². The molecule has 192 valence electrons. The fourth-order valence-corrected chi connectivity index (χ4v) is 7.41. The van der Waals surface area contributed by atoms with E-state index in [9.17, 15) is 4.79 Å². The first-order chi connectivity index (χ1) is 19.7. The zero-order valence-corrected chi connectivity index (χ0v) is 23.0. The van der Waals surface area contributed by atoms with Crippen LogP contribution in [-0.4, -0.2) is 4.57 Å². The third-order valence-electron chi connectivity index (χ3n) is 8.15. The van der Waals surface area contributed by atoms with Gasteiger partial charge >= 0.3 is 0 Å². The summed E-state index contributed by atoms with van der Waals surface area (Å²) in [5.41, 5.74) is 6.78. The number of fused-ring (bicyclic) bond motifs is 5. The van der Waals surface area contributed by atoms with E-state index in [2.05, 4.69) is 84.9 Å². The second-order valence-corrected chi connectivity index (χ2v) is 11.8. The SMILES string of the molecule is O=c1/c(=C\c2c3ccccc3cc3ccccc23)sc2n1[C@@H](c1ccc(Cl)cc1)C1=C(N=2)c2ccccc2CC1. The maximum Gasteiger partial charge on any atom is 0.271 e. The van der Waals surface area contributed by atoms with Gasteiger partial charge in [0.25, 0.3) is 5.56 Å². The van der Waals surface area contributed by atoms with Crippen molar-refractivity contribution in [2.75, 3.05) is 0 Å². The summed E-state index contributed by atoms with van der Waals surface area (Å²) >= 11 is 7.75. The summed E-state index contributed by atoms with van der Waals surface area (Å²) < 4.78 is 2.59. The van der Waals surface area contributed by atoms with Gasteiger partial charge in [0.2, 0.25) is 0 Å². The smallest absolute Gasteiger partial charge is 0.271 e. The lowest BCUT2D eigenvalue weighted by Crippen LogP contribution is -2.38. The second kappa shape index (κ2) is 9.16. The van der Waals surface area contributed by atoms with Crippen LogP contribution >= 0.6 is 22.9 Å². The summed E-state index contributed by atoms with van der Waals surface area (Å²) in [7, 11) is 0. The van der Waals surface area contributed by atoms with Crippen LogP contribution in [0.3, 0.4) is 0 Å². The Morgan fingerprint density at radius 1 is 0.825 bits per heavy atom. The molecule has 0 amide bonds. The van der Waals surface area contributed by atoms with Crippen molar-refractivity contribution in [2.24, 2.45) is 4.99 Å². The van der Waals surface area contributed by atoms with Gasteiger partial charge in [-0.3, -0.25) is 9.36 Å². The van der Waals surface area contributed by atoms with Gasteiger partial charge in [0.15, 0.2) is 4.80 Å². The van der Waals surface area contributed by atoms with Gasteiger partial charge < -0.3 is 0 Å². The zero-order valence-electron chi connectivity index (χ0n) is 21.5. The molecule has 0 radical (unpaired) electrons. The zero-order chi connectivity index (χ0) is 26.8. The van der Waals surface area contributed by atoms with Crippen molar-refractivity contribution in [1.82, 2.24) is 4.57 Å².